The third kappa shape index (κ3) is 2.31. The highest BCUT2D eigenvalue weighted by molar-refractivity contribution is 5.93. The lowest BCUT2D eigenvalue weighted by atomic mass is 9.95. The molecular formula is C17H19N3. The molecule has 0 atom stereocenters. The summed E-state index contributed by atoms with van der Waals surface area (Å²) in [6, 6.07) is 14.8. The average Bonchev–Trinajstić information content (AvgIpc) is 2.85. The lowest BCUT2D eigenvalue weighted by Crippen LogP contribution is -1.93. The Morgan fingerprint density at radius 3 is 2.55 bits per heavy atom. The van der Waals surface area contributed by atoms with Gasteiger partial charge in [-0.3, -0.25) is 0 Å². The number of unbranched alkanes of at least 4 members (excludes halogenated alkanes) is 1. The van der Waals surface area contributed by atoms with E-state index in [2.05, 4.69) is 53.5 Å². The third-order valence-electron chi connectivity index (χ3n) is 3.60. The summed E-state index contributed by atoms with van der Waals surface area (Å²) in [5.41, 5.74) is 5.80. The maximum absolute atomic E-state index is 4.56. The van der Waals surface area contributed by atoms with E-state index < -0.39 is 0 Å². The van der Waals surface area contributed by atoms with Gasteiger partial charge >= 0.3 is 0 Å². The summed E-state index contributed by atoms with van der Waals surface area (Å²) in [5, 5.41) is 8.99. The van der Waals surface area contributed by atoms with Gasteiger partial charge < -0.3 is 0 Å². The van der Waals surface area contributed by atoms with Crippen molar-refractivity contribution in [3.63, 3.8) is 0 Å². The van der Waals surface area contributed by atoms with E-state index >= 15 is 0 Å². The van der Waals surface area contributed by atoms with Crippen LogP contribution in [0.5, 0.6) is 0 Å². The van der Waals surface area contributed by atoms with Crippen molar-refractivity contribution in [2.45, 2.75) is 26.2 Å². The van der Waals surface area contributed by atoms with E-state index in [1.165, 1.54) is 29.5 Å². The molecule has 3 nitrogen and oxygen atoms in total. The molecule has 3 heteroatoms. The summed E-state index contributed by atoms with van der Waals surface area (Å²) in [4.78, 5) is 1.65. The lowest BCUT2D eigenvalue weighted by molar-refractivity contribution is 0.665. The minimum atomic E-state index is 0.964. The van der Waals surface area contributed by atoms with Crippen LogP contribution >= 0.6 is 0 Å². The monoisotopic (exact) mass is 265 g/mol. The molecule has 2 aromatic carbocycles. The average molecular weight is 265 g/mol. The predicted molar refractivity (Wildman–Crippen MR) is 82.6 cm³/mol. The Labute approximate surface area is 119 Å². The maximum atomic E-state index is 4.56. The van der Waals surface area contributed by atoms with Crippen LogP contribution in [0, 0.1) is 0 Å². The van der Waals surface area contributed by atoms with Gasteiger partial charge in [-0.05, 0) is 30.0 Å². The zero-order valence-corrected chi connectivity index (χ0v) is 12.0. The number of hydrogen-bond acceptors (Lipinski definition) is 2. The van der Waals surface area contributed by atoms with E-state index in [1.54, 1.807) is 4.80 Å². The number of nitrogens with zero attached hydrogens (tertiary/aromatic N) is 3. The van der Waals surface area contributed by atoms with Crippen molar-refractivity contribution >= 4 is 11.0 Å². The van der Waals surface area contributed by atoms with E-state index in [0.717, 1.165) is 17.5 Å². The second kappa shape index (κ2) is 5.45. The Balaban J connectivity index is 2.23. The molecule has 3 aromatic rings. The standard InChI is InChI=1S/C17H19N3/c1-3-4-8-14-11-12-15-17(19-20(2)18-15)16(14)13-9-6-5-7-10-13/h5-7,9-12H,3-4,8H2,1-2H3. The molecule has 0 bridgehead atoms. The molecule has 0 spiro atoms. The highest BCUT2D eigenvalue weighted by atomic mass is 15.4. The van der Waals surface area contributed by atoms with Gasteiger partial charge in [-0.25, -0.2) is 0 Å². The summed E-state index contributed by atoms with van der Waals surface area (Å²) in [6.07, 6.45) is 3.49. The van der Waals surface area contributed by atoms with Crippen molar-refractivity contribution in [1.82, 2.24) is 15.0 Å². The fraction of sp³-hybridized carbons (Fsp3) is 0.294. The van der Waals surface area contributed by atoms with E-state index in [9.17, 15) is 0 Å². The van der Waals surface area contributed by atoms with Crippen LogP contribution in [-0.2, 0) is 13.5 Å². The van der Waals surface area contributed by atoms with E-state index in [1.807, 2.05) is 13.1 Å². The van der Waals surface area contributed by atoms with Crippen molar-refractivity contribution in [2.24, 2.45) is 7.05 Å². The minimum absolute atomic E-state index is 0.964. The molecule has 0 unspecified atom stereocenters. The number of benzene rings is 2. The van der Waals surface area contributed by atoms with Crippen LogP contribution in [0.4, 0.5) is 0 Å². The zero-order valence-electron chi connectivity index (χ0n) is 12.0. The van der Waals surface area contributed by atoms with Gasteiger partial charge in [0.2, 0.25) is 0 Å². The maximum Gasteiger partial charge on any atom is 0.121 e. The zero-order chi connectivity index (χ0) is 13.9. The van der Waals surface area contributed by atoms with Crippen molar-refractivity contribution in [3.05, 3.63) is 48.0 Å². The highest BCUT2D eigenvalue weighted by Gasteiger charge is 2.13. The Bertz CT molecular complexity index is 714. The molecule has 0 saturated heterocycles. The van der Waals surface area contributed by atoms with Gasteiger partial charge in [0, 0.05) is 12.6 Å². The molecular weight excluding hydrogens is 246 g/mol. The van der Waals surface area contributed by atoms with Gasteiger partial charge in [-0.1, -0.05) is 49.7 Å². The van der Waals surface area contributed by atoms with Gasteiger partial charge in [-0.2, -0.15) is 15.0 Å². The summed E-state index contributed by atoms with van der Waals surface area (Å²) in [7, 11) is 1.88. The lowest BCUT2D eigenvalue weighted by Gasteiger charge is -2.09. The second-order valence-electron chi connectivity index (χ2n) is 5.13. The van der Waals surface area contributed by atoms with Crippen LogP contribution in [0.15, 0.2) is 42.5 Å². The van der Waals surface area contributed by atoms with Crippen molar-refractivity contribution < 1.29 is 0 Å². The Kier molecular flexibility index (Phi) is 3.50. The van der Waals surface area contributed by atoms with Crippen molar-refractivity contribution in [1.29, 1.82) is 0 Å². The van der Waals surface area contributed by atoms with Crippen molar-refractivity contribution in [2.75, 3.05) is 0 Å². The molecule has 0 aliphatic rings. The number of rotatable bonds is 4. The Morgan fingerprint density at radius 2 is 1.80 bits per heavy atom. The molecule has 0 amide bonds. The number of hydrogen-bond donors (Lipinski definition) is 0. The Morgan fingerprint density at radius 1 is 1.00 bits per heavy atom. The van der Waals surface area contributed by atoms with Crippen LogP contribution in [-0.4, -0.2) is 15.0 Å². The number of aryl methyl sites for hydroxylation is 2. The summed E-state index contributed by atoms with van der Waals surface area (Å²) >= 11 is 0. The SMILES string of the molecule is CCCCc1ccc2nn(C)nc2c1-c1ccccc1. The normalized spacial score (nSPS) is 11.1. The van der Waals surface area contributed by atoms with E-state index in [4.69, 9.17) is 0 Å². The molecule has 0 aliphatic carbocycles. The second-order valence-corrected chi connectivity index (χ2v) is 5.13. The fourth-order valence-electron chi connectivity index (χ4n) is 2.63. The van der Waals surface area contributed by atoms with Gasteiger partial charge in [0.15, 0.2) is 0 Å². The summed E-state index contributed by atoms with van der Waals surface area (Å²) in [6.45, 7) is 2.23. The predicted octanol–water partition coefficient (Wildman–Crippen LogP) is 3.98. The van der Waals surface area contributed by atoms with Crippen LogP contribution in [0.2, 0.25) is 0 Å². The Hall–Kier alpha value is -2.16. The quantitative estimate of drug-likeness (QED) is 0.714. The third-order valence-corrected chi connectivity index (χ3v) is 3.60. The molecule has 0 fully saturated rings. The van der Waals surface area contributed by atoms with Crippen LogP contribution in [0.1, 0.15) is 25.3 Å². The van der Waals surface area contributed by atoms with Gasteiger partial charge in [0.25, 0.3) is 0 Å². The molecule has 0 saturated carbocycles. The minimum Gasteiger partial charge on any atom is -0.187 e. The molecule has 0 aliphatic heterocycles. The summed E-state index contributed by atoms with van der Waals surface area (Å²) in [5.74, 6) is 0. The smallest absolute Gasteiger partial charge is 0.121 e. The largest absolute Gasteiger partial charge is 0.187 e. The molecule has 102 valence electrons. The molecule has 0 N–H and O–H groups in total. The van der Waals surface area contributed by atoms with E-state index in [-0.39, 0.29) is 0 Å². The highest BCUT2D eigenvalue weighted by Crippen LogP contribution is 2.31. The summed E-state index contributed by atoms with van der Waals surface area (Å²) < 4.78 is 0. The van der Waals surface area contributed by atoms with Gasteiger partial charge in [0.05, 0.1) is 0 Å². The molecule has 1 heterocycles. The topological polar surface area (TPSA) is 30.7 Å². The number of fused-ring (bicyclic) bond motifs is 1. The first kappa shape index (κ1) is 12.9. The van der Waals surface area contributed by atoms with Gasteiger partial charge in [0.1, 0.15) is 11.0 Å². The fourth-order valence-corrected chi connectivity index (χ4v) is 2.63. The molecule has 1 aromatic heterocycles. The van der Waals surface area contributed by atoms with Crippen LogP contribution < -0.4 is 0 Å². The molecule has 3 rings (SSSR count). The van der Waals surface area contributed by atoms with Crippen molar-refractivity contribution in [3.8, 4) is 11.1 Å². The van der Waals surface area contributed by atoms with Gasteiger partial charge in [-0.15, -0.1) is 0 Å². The first-order valence-electron chi connectivity index (χ1n) is 7.18. The molecule has 20 heavy (non-hydrogen) atoms. The van der Waals surface area contributed by atoms with E-state index in [0.29, 0.717) is 0 Å². The first-order chi connectivity index (χ1) is 9.79. The van der Waals surface area contributed by atoms with Crippen LogP contribution in [0.3, 0.4) is 0 Å². The number of aromatic nitrogens is 3. The first-order valence-corrected chi connectivity index (χ1v) is 7.18. The molecule has 0 radical (unpaired) electrons. The van der Waals surface area contributed by atoms with Crippen LogP contribution in [0.25, 0.3) is 22.2 Å².